The van der Waals surface area contributed by atoms with Crippen LogP contribution in [0.3, 0.4) is 0 Å². The van der Waals surface area contributed by atoms with E-state index in [1.807, 2.05) is 38.1 Å². The zero-order chi connectivity index (χ0) is 13.0. The number of hydrogen-bond donors (Lipinski definition) is 1. The Balaban J connectivity index is 2.23. The number of nitrogens with one attached hydrogen (secondary N) is 1. The Labute approximate surface area is 115 Å². The van der Waals surface area contributed by atoms with E-state index in [9.17, 15) is 0 Å². The molecule has 94 valence electrons. The van der Waals surface area contributed by atoms with Crippen LogP contribution in [-0.2, 0) is 0 Å². The lowest BCUT2D eigenvalue weighted by molar-refractivity contribution is 0.457. The van der Waals surface area contributed by atoms with Gasteiger partial charge in [-0.25, -0.2) is 9.97 Å². The number of rotatable bonds is 4. The van der Waals surface area contributed by atoms with Gasteiger partial charge >= 0.3 is 0 Å². The summed E-state index contributed by atoms with van der Waals surface area (Å²) in [6.45, 7) is 4.78. The summed E-state index contributed by atoms with van der Waals surface area (Å²) in [5.41, 5.74) is 0.905. The molecule has 0 aliphatic heterocycles. The SMILES string of the molecule is CCNc1ncnc(Oc2ccc(Br)cc2)c1C. The van der Waals surface area contributed by atoms with Gasteiger partial charge in [0.25, 0.3) is 0 Å². The van der Waals surface area contributed by atoms with Gasteiger partial charge in [0.15, 0.2) is 0 Å². The maximum absolute atomic E-state index is 5.74. The summed E-state index contributed by atoms with van der Waals surface area (Å²) < 4.78 is 6.76. The van der Waals surface area contributed by atoms with Crippen LogP contribution in [0.1, 0.15) is 12.5 Å². The van der Waals surface area contributed by atoms with Crippen LogP contribution in [-0.4, -0.2) is 16.5 Å². The summed E-state index contributed by atoms with van der Waals surface area (Å²) in [7, 11) is 0. The summed E-state index contributed by atoms with van der Waals surface area (Å²) in [5.74, 6) is 2.13. The van der Waals surface area contributed by atoms with Crippen molar-refractivity contribution in [2.45, 2.75) is 13.8 Å². The van der Waals surface area contributed by atoms with Gasteiger partial charge in [-0.2, -0.15) is 0 Å². The molecule has 0 aliphatic rings. The zero-order valence-electron chi connectivity index (χ0n) is 10.3. The predicted molar refractivity (Wildman–Crippen MR) is 75.1 cm³/mol. The first-order valence-corrected chi connectivity index (χ1v) is 6.49. The van der Waals surface area contributed by atoms with E-state index in [1.165, 1.54) is 6.33 Å². The fraction of sp³-hybridized carbons (Fsp3) is 0.231. The van der Waals surface area contributed by atoms with Gasteiger partial charge in [-0.15, -0.1) is 0 Å². The highest BCUT2D eigenvalue weighted by molar-refractivity contribution is 9.10. The van der Waals surface area contributed by atoms with Crippen molar-refractivity contribution in [2.24, 2.45) is 0 Å². The first-order valence-electron chi connectivity index (χ1n) is 5.69. The van der Waals surface area contributed by atoms with E-state index in [4.69, 9.17) is 4.74 Å². The highest BCUT2D eigenvalue weighted by atomic mass is 79.9. The third kappa shape index (κ3) is 2.98. The molecule has 0 saturated heterocycles. The fourth-order valence-electron chi connectivity index (χ4n) is 1.50. The van der Waals surface area contributed by atoms with E-state index in [0.717, 1.165) is 28.1 Å². The number of hydrogen-bond acceptors (Lipinski definition) is 4. The minimum absolute atomic E-state index is 0.572. The Morgan fingerprint density at radius 2 is 1.94 bits per heavy atom. The largest absolute Gasteiger partial charge is 0.439 e. The Morgan fingerprint density at radius 1 is 1.22 bits per heavy atom. The molecular weight excluding hydrogens is 294 g/mol. The van der Waals surface area contributed by atoms with Crippen molar-refractivity contribution in [1.82, 2.24) is 9.97 Å². The molecule has 2 rings (SSSR count). The first kappa shape index (κ1) is 12.8. The molecule has 0 bridgehead atoms. The van der Waals surface area contributed by atoms with Crippen molar-refractivity contribution in [1.29, 1.82) is 0 Å². The molecule has 4 nitrogen and oxygen atoms in total. The number of aromatic nitrogens is 2. The number of anilines is 1. The van der Waals surface area contributed by atoms with Crippen LogP contribution in [0.5, 0.6) is 11.6 Å². The third-order valence-electron chi connectivity index (χ3n) is 2.41. The fourth-order valence-corrected chi connectivity index (χ4v) is 1.76. The van der Waals surface area contributed by atoms with Gasteiger partial charge in [0, 0.05) is 11.0 Å². The third-order valence-corrected chi connectivity index (χ3v) is 2.94. The highest BCUT2D eigenvalue weighted by Gasteiger charge is 2.08. The van der Waals surface area contributed by atoms with Gasteiger partial charge < -0.3 is 10.1 Å². The molecule has 0 radical (unpaired) electrons. The molecule has 0 aliphatic carbocycles. The topological polar surface area (TPSA) is 47.0 Å². The molecule has 0 unspecified atom stereocenters. The monoisotopic (exact) mass is 307 g/mol. The molecule has 0 atom stereocenters. The van der Waals surface area contributed by atoms with E-state index < -0.39 is 0 Å². The van der Waals surface area contributed by atoms with Crippen molar-refractivity contribution >= 4 is 21.7 Å². The van der Waals surface area contributed by atoms with Crippen LogP contribution in [0.25, 0.3) is 0 Å². The zero-order valence-corrected chi connectivity index (χ0v) is 11.9. The molecular formula is C13H14BrN3O. The quantitative estimate of drug-likeness (QED) is 0.934. The van der Waals surface area contributed by atoms with Gasteiger partial charge in [0.2, 0.25) is 5.88 Å². The second-order valence-electron chi connectivity index (χ2n) is 3.74. The lowest BCUT2D eigenvalue weighted by Crippen LogP contribution is -2.03. The van der Waals surface area contributed by atoms with Crippen molar-refractivity contribution in [3.63, 3.8) is 0 Å². The second kappa shape index (κ2) is 5.82. The molecule has 1 heterocycles. The normalized spacial score (nSPS) is 10.2. The molecule has 1 aromatic heterocycles. The van der Waals surface area contributed by atoms with Crippen molar-refractivity contribution in [2.75, 3.05) is 11.9 Å². The van der Waals surface area contributed by atoms with Crippen molar-refractivity contribution in [3.05, 3.63) is 40.6 Å². The average Bonchev–Trinajstić information content (AvgIpc) is 2.37. The van der Waals surface area contributed by atoms with Crippen molar-refractivity contribution in [3.8, 4) is 11.6 Å². The van der Waals surface area contributed by atoms with Crippen LogP contribution in [0.4, 0.5) is 5.82 Å². The summed E-state index contributed by atoms with van der Waals surface area (Å²) in [6.07, 6.45) is 1.50. The molecule has 0 saturated carbocycles. The molecule has 1 aromatic carbocycles. The van der Waals surface area contributed by atoms with Gasteiger partial charge in [-0.05, 0) is 38.1 Å². The minimum atomic E-state index is 0.572. The van der Waals surface area contributed by atoms with Gasteiger partial charge in [-0.3, -0.25) is 0 Å². The van der Waals surface area contributed by atoms with Crippen molar-refractivity contribution < 1.29 is 4.74 Å². The molecule has 2 aromatic rings. The van der Waals surface area contributed by atoms with Crippen LogP contribution >= 0.6 is 15.9 Å². The lowest BCUT2D eigenvalue weighted by atomic mass is 10.3. The smallest absolute Gasteiger partial charge is 0.227 e. The maximum Gasteiger partial charge on any atom is 0.227 e. The molecule has 5 heteroatoms. The van der Waals surface area contributed by atoms with E-state index >= 15 is 0 Å². The summed E-state index contributed by atoms with van der Waals surface area (Å²) in [5, 5.41) is 3.17. The van der Waals surface area contributed by atoms with Crippen LogP contribution in [0, 0.1) is 6.92 Å². The summed E-state index contributed by atoms with van der Waals surface area (Å²) in [4.78, 5) is 8.33. The van der Waals surface area contributed by atoms with Crippen LogP contribution < -0.4 is 10.1 Å². The second-order valence-corrected chi connectivity index (χ2v) is 4.65. The van der Waals surface area contributed by atoms with Gasteiger partial charge in [0.05, 0.1) is 5.56 Å². The van der Waals surface area contributed by atoms with Crippen LogP contribution in [0.15, 0.2) is 35.1 Å². The summed E-state index contributed by atoms with van der Waals surface area (Å²) in [6, 6.07) is 7.63. The van der Waals surface area contributed by atoms with Gasteiger partial charge in [-0.1, -0.05) is 15.9 Å². The predicted octanol–water partition coefficient (Wildman–Crippen LogP) is 3.77. The number of nitrogens with zero attached hydrogens (tertiary/aromatic N) is 2. The minimum Gasteiger partial charge on any atom is -0.439 e. The average molecular weight is 308 g/mol. The Morgan fingerprint density at radius 3 is 2.61 bits per heavy atom. The van der Waals surface area contributed by atoms with E-state index in [0.29, 0.717) is 5.88 Å². The molecule has 0 fully saturated rings. The standard InChI is InChI=1S/C13H14BrN3O/c1-3-15-12-9(2)13(17-8-16-12)18-11-6-4-10(14)5-7-11/h4-8H,3H2,1-2H3,(H,15,16,17). The van der Waals surface area contributed by atoms with Gasteiger partial charge in [0.1, 0.15) is 17.9 Å². The highest BCUT2D eigenvalue weighted by Crippen LogP contribution is 2.26. The molecule has 1 N–H and O–H groups in total. The number of benzene rings is 1. The molecule has 18 heavy (non-hydrogen) atoms. The van der Waals surface area contributed by atoms with Crippen LogP contribution in [0.2, 0.25) is 0 Å². The maximum atomic E-state index is 5.74. The number of ether oxygens (including phenoxy) is 1. The summed E-state index contributed by atoms with van der Waals surface area (Å²) >= 11 is 3.39. The number of halogens is 1. The van der Waals surface area contributed by atoms with E-state index in [1.54, 1.807) is 0 Å². The Kier molecular flexibility index (Phi) is 4.15. The van der Waals surface area contributed by atoms with E-state index in [-0.39, 0.29) is 0 Å². The van der Waals surface area contributed by atoms with E-state index in [2.05, 4.69) is 31.2 Å². The first-order chi connectivity index (χ1) is 8.70. The molecule has 0 amide bonds. The Hall–Kier alpha value is -1.62. The Bertz CT molecular complexity index is 528. The lowest BCUT2D eigenvalue weighted by Gasteiger charge is -2.10. The molecule has 0 spiro atoms.